The molecule has 0 spiro atoms. The fraction of sp³-hybridized carbons (Fsp3) is 0.684. The van der Waals surface area contributed by atoms with Crippen molar-refractivity contribution in [2.75, 3.05) is 13.2 Å². The van der Waals surface area contributed by atoms with Gasteiger partial charge in [-0.05, 0) is 36.6 Å². The summed E-state index contributed by atoms with van der Waals surface area (Å²) in [7, 11) is 0. The van der Waals surface area contributed by atoms with Gasteiger partial charge in [0.25, 0.3) is 0 Å². The van der Waals surface area contributed by atoms with Crippen LogP contribution < -0.4 is 10.1 Å². The van der Waals surface area contributed by atoms with E-state index >= 15 is 0 Å². The maximum atomic E-state index is 5.82. The van der Waals surface area contributed by atoms with Crippen molar-refractivity contribution in [1.82, 2.24) is 5.32 Å². The summed E-state index contributed by atoms with van der Waals surface area (Å²) in [6, 6.07) is 7.34. The Kier molecular flexibility index (Phi) is 4.26. The third-order valence-corrected chi connectivity index (χ3v) is 5.22. The first-order valence-electron chi connectivity index (χ1n) is 8.61. The Morgan fingerprint density at radius 3 is 2.76 bits per heavy atom. The van der Waals surface area contributed by atoms with E-state index in [9.17, 15) is 0 Å². The summed E-state index contributed by atoms with van der Waals surface area (Å²) in [6.07, 6.45) is 6.97. The predicted molar refractivity (Wildman–Crippen MR) is 88.0 cm³/mol. The molecule has 1 aromatic rings. The lowest BCUT2D eigenvalue weighted by Gasteiger charge is -2.23. The first-order valence-corrected chi connectivity index (χ1v) is 8.61. The number of nitrogens with one attached hydrogen (secondary N) is 1. The molecular weight excluding hydrogens is 258 g/mol. The molecule has 1 aliphatic heterocycles. The molecule has 21 heavy (non-hydrogen) atoms. The van der Waals surface area contributed by atoms with E-state index in [0.29, 0.717) is 6.04 Å². The fourth-order valence-electron chi connectivity index (χ4n) is 3.92. The van der Waals surface area contributed by atoms with Gasteiger partial charge in [-0.3, -0.25) is 0 Å². The van der Waals surface area contributed by atoms with Gasteiger partial charge in [-0.2, -0.15) is 0 Å². The van der Waals surface area contributed by atoms with Crippen molar-refractivity contribution in [1.29, 1.82) is 0 Å². The van der Waals surface area contributed by atoms with Crippen LogP contribution in [0.2, 0.25) is 0 Å². The van der Waals surface area contributed by atoms with E-state index in [-0.39, 0.29) is 5.41 Å². The molecule has 1 aliphatic carbocycles. The van der Waals surface area contributed by atoms with Gasteiger partial charge in [-0.25, -0.2) is 0 Å². The Hall–Kier alpha value is -1.02. The molecule has 1 N–H and O–H groups in total. The van der Waals surface area contributed by atoms with Crippen LogP contribution in [-0.2, 0) is 5.41 Å². The maximum Gasteiger partial charge on any atom is 0.123 e. The van der Waals surface area contributed by atoms with Gasteiger partial charge in [0.15, 0.2) is 0 Å². The van der Waals surface area contributed by atoms with E-state index in [4.69, 9.17) is 4.74 Å². The van der Waals surface area contributed by atoms with Crippen molar-refractivity contribution in [3.63, 3.8) is 0 Å². The van der Waals surface area contributed by atoms with Crippen LogP contribution in [0, 0.1) is 5.92 Å². The monoisotopic (exact) mass is 287 g/mol. The Morgan fingerprint density at radius 2 is 2.05 bits per heavy atom. The van der Waals surface area contributed by atoms with Gasteiger partial charge < -0.3 is 10.1 Å². The lowest BCUT2D eigenvalue weighted by Crippen LogP contribution is -2.24. The number of hydrogen-bond donors (Lipinski definition) is 1. The van der Waals surface area contributed by atoms with Gasteiger partial charge >= 0.3 is 0 Å². The predicted octanol–water partition coefficient (Wildman–Crippen LogP) is 4.59. The standard InChI is InChI=1S/C19H29NO/c1-4-20-17(11-14-7-5-6-8-14)15-9-10-18-16(12-15)19(2,3)13-21-18/h9-10,12,14,17,20H,4-8,11,13H2,1-3H3. The van der Waals surface area contributed by atoms with Crippen molar-refractivity contribution >= 4 is 0 Å². The van der Waals surface area contributed by atoms with Crippen molar-refractivity contribution in [3.8, 4) is 5.75 Å². The van der Waals surface area contributed by atoms with Crippen molar-refractivity contribution in [3.05, 3.63) is 29.3 Å². The van der Waals surface area contributed by atoms with Crippen LogP contribution in [0.4, 0.5) is 0 Å². The highest BCUT2D eigenvalue weighted by atomic mass is 16.5. The molecule has 3 rings (SSSR count). The van der Waals surface area contributed by atoms with Gasteiger partial charge in [-0.1, -0.05) is 52.5 Å². The van der Waals surface area contributed by atoms with Crippen molar-refractivity contribution in [2.24, 2.45) is 5.92 Å². The average Bonchev–Trinajstić information content (AvgIpc) is 3.07. The minimum absolute atomic E-state index is 0.148. The van der Waals surface area contributed by atoms with Gasteiger partial charge in [0, 0.05) is 17.0 Å². The first-order chi connectivity index (χ1) is 10.1. The van der Waals surface area contributed by atoms with Crippen molar-refractivity contribution < 1.29 is 4.74 Å². The van der Waals surface area contributed by atoms with Crippen LogP contribution in [0.15, 0.2) is 18.2 Å². The SMILES string of the molecule is CCNC(CC1CCCC1)c1ccc2c(c1)C(C)(C)CO2. The number of ether oxygens (including phenoxy) is 1. The normalized spacial score (nSPS) is 22.0. The number of rotatable bonds is 5. The summed E-state index contributed by atoms with van der Waals surface area (Å²) in [4.78, 5) is 0. The molecule has 2 aliphatic rings. The quantitative estimate of drug-likeness (QED) is 0.855. The third kappa shape index (κ3) is 3.11. The summed E-state index contributed by atoms with van der Waals surface area (Å²) in [5.74, 6) is 1.99. The summed E-state index contributed by atoms with van der Waals surface area (Å²) in [5, 5.41) is 3.70. The topological polar surface area (TPSA) is 21.3 Å². The fourth-order valence-corrected chi connectivity index (χ4v) is 3.92. The maximum absolute atomic E-state index is 5.82. The highest BCUT2D eigenvalue weighted by Crippen LogP contribution is 2.41. The molecule has 1 fully saturated rings. The van der Waals surface area contributed by atoms with Crippen LogP contribution in [0.25, 0.3) is 0 Å². The highest BCUT2D eigenvalue weighted by molar-refractivity contribution is 5.45. The molecule has 1 saturated carbocycles. The molecule has 1 unspecified atom stereocenters. The average molecular weight is 287 g/mol. The molecule has 116 valence electrons. The van der Waals surface area contributed by atoms with E-state index in [0.717, 1.165) is 24.8 Å². The van der Waals surface area contributed by atoms with Crippen LogP contribution in [0.3, 0.4) is 0 Å². The van der Waals surface area contributed by atoms with Gasteiger partial charge in [0.1, 0.15) is 5.75 Å². The van der Waals surface area contributed by atoms with E-state index in [1.54, 1.807) is 0 Å². The Balaban J connectivity index is 1.82. The molecule has 0 saturated heterocycles. The molecule has 2 heteroatoms. The third-order valence-electron chi connectivity index (χ3n) is 5.22. The van der Waals surface area contributed by atoms with Crippen LogP contribution in [0.5, 0.6) is 5.75 Å². The van der Waals surface area contributed by atoms with E-state index in [2.05, 4.69) is 44.3 Å². The van der Waals surface area contributed by atoms with Crippen LogP contribution in [0.1, 0.15) is 70.0 Å². The zero-order valence-corrected chi connectivity index (χ0v) is 13.7. The molecule has 1 aromatic carbocycles. The second-order valence-corrected chi connectivity index (χ2v) is 7.42. The van der Waals surface area contributed by atoms with Crippen LogP contribution in [-0.4, -0.2) is 13.2 Å². The minimum atomic E-state index is 0.148. The molecule has 1 atom stereocenters. The smallest absolute Gasteiger partial charge is 0.123 e. The lowest BCUT2D eigenvalue weighted by molar-refractivity contribution is 0.291. The Bertz CT molecular complexity index is 488. The van der Waals surface area contributed by atoms with Gasteiger partial charge in [0.2, 0.25) is 0 Å². The number of hydrogen-bond acceptors (Lipinski definition) is 2. The number of fused-ring (bicyclic) bond motifs is 1. The second kappa shape index (κ2) is 6.00. The zero-order valence-electron chi connectivity index (χ0n) is 13.7. The van der Waals surface area contributed by atoms with Crippen LogP contribution >= 0.6 is 0 Å². The molecule has 0 amide bonds. The van der Waals surface area contributed by atoms with Crippen molar-refractivity contribution in [2.45, 2.75) is 64.3 Å². The lowest BCUT2D eigenvalue weighted by atomic mass is 9.84. The summed E-state index contributed by atoms with van der Waals surface area (Å²) in [5.41, 5.74) is 2.98. The summed E-state index contributed by atoms with van der Waals surface area (Å²) >= 11 is 0. The van der Waals surface area contributed by atoms with Gasteiger partial charge in [-0.15, -0.1) is 0 Å². The minimum Gasteiger partial charge on any atom is -0.492 e. The summed E-state index contributed by atoms with van der Waals surface area (Å²) < 4.78 is 5.82. The van der Waals surface area contributed by atoms with E-state index in [1.807, 2.05) is 0 Å². The summed E-state index contributed by atoms with van der Waals surface area (Å²) in [6.45, 7) is 8.61. The van der Waals surface area contributed by atoms with E-state index in [1.165, 1.54) is 43.2 Å². The van der Waals surface area contributed by atoms with E-state index < -0.39 is 0 Å². The highest BCUT2D eigenvalue weighted by Gasteiger charge is 2.32. The molecule has 0 aromatic heterocycles. The Labute approximate surface area is 129 Å². The number of benzene rings is 1. The first kappa shape index (κ1) is 14.9. The van der Waals surface area contributed by atoms with Gasteiger partial charge in [0.05, 0.1) is 6.61 Å². The molecule has 0 radical (unpaired) electrons. The zero-order chi connectivity index (χ0) is 14.9. The largest absolute Gasteiger partial charge is 0.492 e. The molecular formula is C19H29NO. The molecule has 2 nitrogen and oxygen atoms in total. The Morgan fingerprint density at radius 1 is 1.29 bits per heavy atom. The second-order valence-electron chi connectivity index (χ2n) is 7.42. The molecule has 1 heterocycles. The molecule has 0 bridgehead atoms.